The minimum atomic E-state index is -0.387. The Hall–Kier alpha value is -1.19. The van der Waals surface area contributed by atoms with Gasteiger partial charge in [0.1, 0.15) is 6.10 Å². The third kappa shape index (κ3) is 2.79. The number of hydrogen-bond donors (Lipinski definition) is 0. The van der Waals surface area contributed by atoms with E-state index in [1.807, 2.05) is 25.1 Å². The van der Waals surface area contributed by atoms with Gasteiger partial charge in [-0.15, -0.1) is 0 Å². The number of Topliss-reactive ketones (excluding diaryl/α,β-unsaturated/α-hetero) is 1. The molecule has 0 bridgehead atoms. The van der Waals surface area contributed by atoms with E-state index in [9.17, 15) is 4.79 Å². The van der Waals surface area contributed by atoms with Crippen LogP contribution in [0.5, 0.6) is 0 Å². The SMILES string of the molecule is COCCC(C)C(=O)C1OCCc2ccccc21. The highest BCUT2D eigenvalue weighted by Gasteiger charge is 2.29. The Balaban J connectivity index is 2.12. The molecule has 1 heterocycles. The van der Waals surface area contributed by atoms with Gasteiger partial charge in [-0.25, -0.2) is 0 Å². The van der Waals surface area contributed by atoms with Crippen LogP contribution in [0.2, 0.25) is 0 Å². The lowest BCUT2D eigenvalue weighted by Gasteiger charge is -2.27. The number of rotatable bonds is 5. The number of methoxy groups -OCH3 is 1. The third-order valence-corrected chi connectivity index (χ3v) is 3.49. The van der Waals surface area contributed by atoms with Gasteiger partial charge < -0.3 is 9.47 Å². The van der Waals surface area contributed by atoms with Crippen molar-refractivity contribution in [2.75, 3.05) is 20.3 Å². The summed E-state index contributed by atoms with van der Waals surface area (Å²) >= 11 is 0. The van der Waals surface area contributed by atoms with Gasteiger partial charge in [-0.3, -0.25) is 4.79 Å². The summed E-state index contributed by atoms with van der Waals surface area (Å²) in [5.74, 6) is 0.139. The minimum Gasteiger partial charge on any atom is -0.385 e. The smallest absolute Gasteiger partial charge is 0.168 e. The van der Waals surface area contributed by atoms with Crippen molar-refractivity contribution < 1.29 is 14.3 Å². The van der Waals surface area contributed by atoms with Crippen molar-refractivity contribution in [1.82, 2.24) is 0 Å². The average molecular weight is 248 g/mol. The molecule has 2 rings (SSSR count). The summed E-state index contributed by atoms with van der Waals surface area (Å²) in [5, 5.41) is 0. The molecule has 0 saturated heterocycles. The number of carbonyl (C=O) groups excluding carboxylic acids is 1. The van der Waals surface area contributed by atoms with Gasteiger partial charge in [0.2, 0.25) is 0 Å². The lowest BCUT2D eigenvalue weighted by atomic mass is 9.89. The Kier molecular flexibility index (Phi) is 4.50. The molecule has 2 unspecified atom stereocenters. The number of carbonyl (C=O) groups is 1. The normalized spacial score (nSPS) is 20.2. The zero-order valence-corrected chi connectivity index (χ0v) is 11.0. The Bertz CT molecular complexity index is 414. The maximum Gasteiger partial charge on any atom is 0.168 e. The van der Waals surface area contributed by atoms with Crippen molar-refractivity contribution in [3.05, 3.63) is 35.4 Å². The van der Waals surface area contributed by atoms with E-state index < -0.39 is 0 Å². The summed E-state index contributed by atoms with van der Waals surface area (Å²) in [4.78, 5) is 12.4. The molecule has 0 fully saturated rings. The van der Waals surface area contributed by atoms with E-state index in [4.69, 9.17) is 9.47 Å². The van der Waals surface area contributed by atoms with Crippen LogP contribution in [0, 0.1) is 5.92 Å². The van der Waals surface area contributed by atoms with E-state index in [2.05, 4.69) is 6.07 Å². The first-order valence-corrected chi connectivity index (χ1v) is 6.46. The van der Waals surface area contributed by atoms with E-state index in [-0.39, 0.29) is 17.8 Å². The molecule has 0 aliphatic carbocycles. The Labute approximate surface area is 108 Å². The Morgan fingerprint density at radius 1 is 1.50 bits per heavy atom. The number of hydrogen-bond acceptors (Lipinski definition) is 3. The maximum atomic E-state index is 12.4. The number of fused-ring (bicyclic) bond motifs is 1. The van der Waals surface area contributed by atoms with Crippen molar-refractivity contribution in [3.8, 4) is 0 Å². The zero-order valence-electron chi connectivity index (χ0n) is 11.0. The van der Waals surface area contributed by atoms with Gasteiger partial charge in [-0.1, -0.05) is 31.2 Å². The first-order valence-electron chi connectivity index (χ1n) is 6.46. The standard InChI is InChI=1S/C15H20O3/c1-11(7-9-17-2)14(16)15-13-6-4-3-5-12(13)8-10-18-15/h3-6,11,15H,7-10H2,1-2H3. The fourth-order valence-corrected chi connectivity index (χ4v) is 2.32. The van der Waals surface area contributed by atoms with E-state index in [0.717, 1.165) is 18.4 Å². The van der Waals surface area contributed by atoms with Crippen molar-refractivity contribution >= 4 is 5.78 Å². The largest absolute Gasteiger partial charge is 0.385 e. The maximum absolute atomic E-state index is 12.4. The highest BCUT2D eigenvalue weighted by Crippen LogP contribution is 2.30. The lowest BCUT2D eigenvalue weighted by molar-refractivity contribution is -0.136. The zero-order chi connectivity index (χ0) is 13.0. The van der Waals surface area contributed by atoms with Crippen LogP contribution in [0.1, 0.15) is 30.6 Å². The fourth-order valence-electron chi connectivity index (χ4n) is 2.32. The quantitative estimate of drug-likeness (QED) is 0.803. The molecular formula is C15H20O3. The van der Waals surface area contributed by atoms with Gasteiger partial charge in [0.25, 0.3) is 0 Å². The summed E-state index contributed by atoms with van der Waals surface area (Å²) in [6, 6.07) is 8.06. The predicted molar refractivity (Wildman–Crippen MR) is 69.5 cm³/mol. The average Bonchev–Trinajstić information content (AvgIpc) is 2.43. The van der Waals surface area contributed by atoms with Crippen molar-refractivity contribution in [2.24, 2.45) is 5.92 Å². The molecule has 18 heavy (non-hydrogen) atoms. The fraction of sp³-hybridized carbons (Fsp3) is 0.533. The summed E-state index contributed by atoms with van der Waals surface area (Å²) < 4.78 is 10.7. The molecule has 1 aliphatic heterocycles. The molecule has 0 saturated carbocycles. The summed E-state index contributed by atoms with van der Waals surface area (Å²) in [6.45, 7) is 3.19. The third-order valence-electron chi connectivity index (χ3n) is 3.49. The van der Waals surface area contributed by atoms with E-state index >= 15 is 0 Å². The molecular weight excluding hydrogens is 228 g/mol. The number of ether oxygens (including phenoxy) is 2. The van der Waals surface area contributed by atoms with Crippen LogP contribution < -0.4 is 0 Å². The molecule has 1 aromatic carbocycles. The first kappa shape index (κ1) is 13.2. The molecule has 1 aliphatic rings. The Morgan fingerprint density at radius 2 is 2.28 bits per heavy atom. The molecule has 0 aromatic heterocycles. The van der Waals surface area contributed by atoms with E-state index in [1.54, 1.807) is 7.11 Å². The van der Waals surface area contributed by atoms with Gasteiger partial charge in [0.05, 0.1) is 6.61 Å². The first-order chi connectivity index (χ1) is 8.74. The highest BCUT2D eigenvalue weighted by atomic mass is 16.5. The predicted octanol–water partition coefficient (Wildman–Crippen LogP) is 2.54. The summed E-state index contributed by atoms with van der Waals surface area (Å²) in [5.41, 5.74) is 2.28. The second-order valence-corrected chi connectivity index (χ2v) is 4.78. The Morgan fingerprint density at radius 3 is 3.06 bits per heavy atom. The van der Waals surface area contributed by atoms with E-state index in [1.165, 1.54) is 5.56 Å². The molecule has 0 N–H and O–H groups in total. The molecule has 3 heteroatoms. The molecule has 0 spiro atoms. The van der Waals surface area contributed by atoms with Crippen molar-refractivity contribution in [1.29, 1.82) is 0 Å². The van der Waals surface area contributed by atoms with Crippen molar-refractivity contribution in [3.63, 3.8) is 0 Å². The second-order valence-electron chi connectivity index (χ2n) is 4.78. The molecule has 2 atom stereocenters. The number of benzene rings is 1. The topological polar surface area (TPSA) is 35.5 Å². The van der Waals surface area contributed by atoms with Crippen LogP contribution in [-0.4, -0.2) is 26.1 Å². The molecule has 0 radical (unpaired) electrons. The molecule has 0 amide bonds. The minimum absolute atomic E-state index is 0.0268. The van der Waals surface area contributed by atoms with Gasteiger partial charge in [-0.05, 0) is 24.0 Å². The number of ketones is 1. The van der Waals surface area contributed by atoms with Crippen LogP contribution in [0.25, 0.3) is 0 Å². The van der Waals surface area contributed by atoms with Crippen LogP contribution in [0.3, 0.4) is 0 Å². The van der Waals surface area contributed by atoms with Crippen LogP contribution in [0.4, 0.5) is 0 Å². The highest BCUT2D eigenvalue weighted by molar-refractivity contribution is 5.86. The molecule has 1 aromatic rings. The summed E-state index contributed by atoms with van der Waals surface area (Å²) in [7, 11) is 1.66. The second kappa shape index (κ2) is 6.12. The summed E-state index contributed by atoms with van der Waals surface area (Å²) in [6.07, 6.45) is 1.26. The molecule has 98 valence electrons. The van der Waals surface area contributed by atoms with Gasteiger partial charge in [0.15, 0.2) is 5.78 Å². The van der Waals surface area contributed by atoms with Gasteiger partial charge >= 0.3 is 0 Å². The van der Waals surface area contributed by atoms with Gasteiger partial charge in [-0.2, -0.15) is 0 Å². The van der Waals surface area contributed by atoms with Crippen LogP contribution in [-0.2, 0) is 20.7 Å². The monoisotopic (exact) mass is 248 g/mol. The molecule has 3 nitrogen and oxygen atoms in total. The van der Waals surface area contributed by atoms with Crippen LogP contribution >= 0.6 is 0 Å². The van der Waals surface area contributed by atoms with Crippen LogP contribution in [0.15, 0.2) is 24.3 Å². The van der Waals surface area contributed by atoms with Crippen molar-refractivity contribution in [2.45, 2.75) is 25.9 Å². The van der Waals surface area contributed by atoms with E-state index in [0.29, 0.717) is 13.2 Å². The van der Waals surface area contributed by atoms with Gasteiger partial charge in [0, 0.05) is 19.6 Å². The lowest BCUT2D eigenvalue weighted by Crippen LogP contribution is -2.28.